The van der Waals surface area contributed by atoms with Crippen molar-refractivity contribution in [2.45, 2.75) is 6.54 Å². The Hall–Kier alpha value is -1.94. The van der Waals surface area contributed by atoms with E-state index in [0.717, 1.165) is 17.7 Å². The minimum atomic E-state index is -0.946. The topological polar surface area (TPSA) is 38.4 Å². The van der Waals surface area contributed by atoms with Crippen molar-refractivity contribution >= 4 is 17.4 Å². The lowest BCUT2D eigenvalue weighted by molar-refractivity contribution is 0.508. The maximum absolute atomic E-state index is 13.1. The van der Waals surface area contributed by atoms with Gasteiger partial charge in [-0.25, -0.2) is 8.78 Å². The molecule has 0 spiro atoms. The van der Waals surface area contributed by atoms with Crippen LogP contribution in [0, 0.1) is 11.6 Å². The van der Waals surface area contributed by atoms with Gasteiger partial charge >= 0.3 is 0 Å². The van der Waals surface area contributed by atoms with Gasteiger partial charge in [-0.15, -0.1) is 0 Å². The van der Waals surface area contributed by atoms with Gasteiger partial charge in [0, 0.05) is 10.6 Å². The molecule has 0 aliphatic carbocycles. The fourth-order valence-corrected chi connectivity index (χ4v) is 1.77. The van der Waals surface area contributed by atoms with E-state index in [1.807, 2.05) is 6.07 Å². The van der Waals surface area contributed by atoms with Crippen molar-refractivity contribution in [2.75, 3.05) is 0 Å². The molecular formula is C14H11ClF2N2. The predicted molar refractivity (Wildman–Crippen MR) is 72.2 cm³/mol. The number of aliphatic imine (C=N–C) groups is 1. The third-order valence-electron chi connectivity index (χ3n) is 2.54. The highest BCUT2D eigenvalue weighted by Gasteiger charge is 2.05. The fraction of sp³-hybridized carbons (Fsp3) is 0.0714. The van der Waals surface area contributed by atoms with Crippen molar-refractivity contribution in [1.82, 2.24) is 0 Å². The van der Waals surface area contributed by atoms with Crippen LogP contribution in [0.25, 0.3) is 0 Å². The quantitative estimate of drug-likeness (QED) is 0.678. The molecule has 98 valence electrons. The van der Waals surface area contributed by atoms with Crippen molar-refractivity contribution in [3.05, 3.63) is 70.2 Å². The Morgan fingerprint density at radius 2 is 1.89 bits per heavy atom. The fourth-order valence-electron chi connectivity index (χ4n) is 1.56. The molecule has 2 nitrogen and oxygen atoms in total. The molecule has 0 saturated heterocycles. The Kier molecular flexibility index (Phi) is 4.12. The summed E-state index contributed by atoms with van der Waals surface area (Å²) >= 11 is 5.84. The molecule has 5 heteroatoms. The van der Waals surface area contributed by atoms with Crippen LogP contribution in [-0.2, 0) is 6.54 Å². The van der Waals surface area contributed by atoms with Gasteiger partial charge in [-0.2, -0.15) is 0 Å². The van der Waals surface area contributed by atoms with E-state index in [2.05, 4.69) is 4.99 Å². The molecule has 0 aliphatic heterocycles. The molecule has 0 bridgehead atoms. The highest BCUT2D eigenvalue weighted by Crippen LogP contribution is 2.12. The molecule has 0 fully saturated rings. The second-order valence-corrected chi connectivity index (χ2v) is 4.40. The lowest BCUT2D eigenvalue weighted by atomic mass is 10.2. The van der Waals surface area contributed by atoms with Crippen LogP contribution in [-0.4, -0.2) is 5.84 Å². The Bertz CT molecular complexity index is 627. The van der Waals surface area contributed by atoms with Crippen molar-refractivity contribution < 1.29 is 8.78 Å². The summed E-state index contributed by atoms with van der Waals surface area (Å²) in [6, 6.07) is 10.6. The minimum Gasteiger partial charge on any atom is -0.383 e. The van der Waals surface area contributed by atoms with Gasteiger partial charge in [-0.1, -0.05) is 23.7 Å². The van der Waals surface area contributed by atoms with Gasteiger partial charge in [-0.05, 0) is 35.9 Å². The van der Waals surface area contributed by atoms with Crippen LogP contribution >= 0.6 is 11.6 Å². The Morgan fingerprint density at radius 1 is 1.11 bits per heavy atom. The Morgan fingerprint density at radius 3 is 2.58 bits per heavy atom. The summed E-state index contributed by atoms with van der Waals surface area (Å²) < 4.78 is 25.8. The summed E-state index contributed by atoms with van der Waals surface area (Å²) in [5.41, 5.74) is 6.96. The number of halogens is 3. The highest BCUT2D eigenvalue weighted by molar-refractivity contribution is 6.30. The molecular weight excluding hydrogens is 270 g/mol. The summed E-state index contributed by atoms with van der Waals surface area (Å²) in [5, 5.41) is 0.610. The van der Waals surface area contributed by atoms with Crippen LogP contribution in [0.1, 0.15) is 11.1 Å². The first-order valence-electron chi connectivity index (χ1n) is 5.56. The molecule has 2 aromatic carbocycles. The molecule has 0 unspecified atom stereocenters. The maximum atomic E-state index is 13.1. The molecule has 2 N–H and O–H groups in total. The van der Waals surface area contributed by atoms with Gasteiger partial charge in [0.25, 0.3) is 0 Å². The summed E-state index contributed by atoms with van der Waals surface area (Å²) in [6.45, 7) is 0.325. The second-order valence-electron chi connectivity index (χ2n) is 3.96. The monoisotopic (exact) mass is 280 g/mol. The van der Waals surface area contributed by atoms with Crippen molar-refractivity contribution in [3.63, 3.8) is 0 Å². The molecule has 2 rings (SSSR count). The zero-order valence-electron chi connectivity index (χ0n) is 9.91. The molecule has 0 saturated carbocycles. The van der Waals surface area contributed by atoms with E-state index in [4.69, 9.17) is 17.3 Å². The number of rotatable bonds is 3. The van der Waals surface area contributed by atoms with Gasteiger partial charge in [0.1, 0.15) is 5.84 Å². The first kappa shape index (κ1) is 13.5. The van der Waals surface area contributed by atoms with E-state index < -0.39 is 11.6 Å². The van der Waals surface area contributed by atoms with E-state index in [1.165, 1.54) is 6.07 Å². The summed E-state index contributed by atoms with van der Waals surface area (Å²) in [6.07, 6.45) is 0. The average Bonchev–Trinajstić information content (AvgIpc) is 2.39. The van der Waals surface area contributed by atoms with Crippen LogP contribution in [0.4, 0.5) is 8.78 Å². The van der Waals surface area contributed by atoms with Crippen LogP contribution in [0.3, 0.4) is 0 Å². The van der Waals surface area contributed by atoms with Crippen LogP contribution < -0.4 is 5.73 Å². The molecule has 0 radical (unpaired) electrons. The summed E-state index contributed by atoms with van der Waals surface area (Å²) in [7, 11) is 0. The van der Waals surface area contributed by atoms with Crippen LogP contribution in [0.2, 0.25) is 5.02 Å². The van der Waals surface area contributed by atoms with Gasteiger partial charge < -0.3 is 5.73 Å². The molecule has 0 atom stereocenters. The second kappa shape index (κ2) is 5.80. The molecule has 19 heavy (non-hydrogen) atoms. The Balaban J connectivity index is 2.16. The van der Waals surface area contributed by atoms with Gasteiger partial charge in [-0.3, -0.25) is 4.99 Å². The summed E-state index contributed by atoms with van der Waals surface area (Å²) in [4.78, 5) is 4.12. The van der Waals surface area contributed by atoms with E-state index in [9.17, 15) is 8.78 Å². The predicted octanol–water partition coefficient (Wildman–Crippen LogP) is 3.52. The highest BCUT2D eigenvalue weighted by atomic mass is 35.5. The van der Waals surface area contributed by atoms with Crippen LogP contribution in [0.5, 0.6) is 0 Å². The molecule has 0 aliphatic rings. The smallest absolute Gasteiger partial charge is 0.159 e. The van der Waals surface area contributed by atoms with E-state index >= 15 is 0 Å². The van der Waals surface area contributed by atoms with E-state index in [0.29, 0.717) is 17.1 Å². The summed E-state index contributed by atoms with van der Waals surface area (Å²) in [5.74, 6) is -1.70. The first-order chi connectivity index (χ1) is 9.06. The van der Waals surface area contributed by atoms with Crippen molar-refractivity contribution in [2.24, 2.45) is 10.7 Å². The van der Waals surface area contributed by atoms with Gasteiger partial charge in [0.05, 0.1) is 6.54 Å². The number of benzene rings is 2. The largest absolute Gasteiger partial charge is 0.383 e. The molecule has 0 amide bonds. The lowest BCUT2D eigenvalue weighted by Gasteiger charge is -2.03. The number of hydrogen-bond donors (Lipinski definition) is 1. The van der Waals surface area contributed by atoms with Gasteiger partial charge in [0.2, 0.25) is 0 Å². The lowest BCUT2D eigenvalue weighted by Crippen LogP contribution is -2.14. The zero-order chi connectivity index (χ0) is 13.8. The number of amidine groups is 1. The number of hydrogen-bond acceptors (Lipinski definition) is 1. The van der Waals surface area contributed by atoms with E-state index in [1.54, 1.807) is 18.2 Å². The van der Waals surface area contributed by atoms with Gasteiger partial charge in [0.15, 0.2) is 11.6 Å². The minimum absolute atomic E-state index is 0.152. The number of nitrogens with zero attached hydrogens (tertiary/aromatic N) is 1. The molecule has 0 aromatic heterocycles. The molecule has 0 heterocycles. The third-order valence-corrected chi connectivity index (χ3v) is 2.77. The zero-order valence-corrected chi connectivity index (χ0v) is 10.7. The SMILES string of the molecule is NC(=NCc1cccc(Cl)c1)c1ccc(F)c(F)c1. The Labute approximate surface area is 114 Å². The van der Waals surface area contributed by atoms with E-state index in [-0.39, 0.29) is 5.84 Å². The number of nitrogens with two attached hydrogens (primary N) is 1. The average molecular weight is 281 g/mol. The van der Waals surface area contributed by atoms with Crippen molar-refractivity contribution in [3.8, 4) is 0 Å². The standard InChI is InChI=1S/C14H11ClF2N2/c15-11-3-1-2-9(6-11)8-19-14(18)10-4-5-12(16)13(17)7-10/h1-7H,8H2,(H2,18,19). The maximum Gasteiger partial charge on any atom is 0.159 e. The van der Waals surface area contributed by atoms with Crippen molar-refractivity contribution in [1.29, 1.82) is 0 Å². The normalized spacial score (nSPS) is 11.6. The first-order valence-corrected chi connectivity index (χ1v) is 5.94. The molecule has 2 aromatic rings. The van der Waals surface area contributed by atoms with Crippen LogP contribution in [0.15, 0.2) is 47.5 Å². The third kappa shape index (κ3) is 3.51.